The Labute approximate surface area is 175 Å². The number of nitrogens with zero attached hydrogens (tertiary/aromatic N) is 5. The van der Waals surface area contributed by atoms with Crippen LogP contribution in [0.4, 0.5) is 11.4 Å². The van der Waals surface area contributed by atoms with Crippen LogP contribution in [-0.2, 0) is 30.8 Å². The number of carbonyl (C=O) groups is 1. The van der Waals surface area contributed by atoms with E-state index in [1.54, 1.807) is 0 Å². The molecule has 0 fully saturated rings. The zero-order chi connectivity index (χ0) is 22.7. The molecule has 0 aliphatic carbocycles. The van der Waals surface area contributed by atoms with Crippen LogP contribution in [0, 0.1) is 10.1 Å². The van der Waals surface area contributed by atoms with Gasteiger partial charge in [-0.2, -0.15) is 0 Å². The monoisotopic (exact) mass is 427 g/mol. The van der Waals surface area contributed by atoms with Crippen molar-refractivity contribution in [3.63, 3.8) is 0 Å². The topological polar surface area (TPSA) is 129 Å². The summed E-state index contributed by atoms with van der Waals surface area (Å²) in [5.74, 6) is -0.539. The van der Waals surface area contributed by atoms with Gasteiger partial charge in [-0.15, -0.1) is 13.2 Å². The number of carbonyl (C=O) groups excluding carboxylic acids is 1. The zero-order valence-electron chi connectivity index (χ0n) is 16.7. The van der Waals surface area contributed by atoms with Gasteiger partial charge in [-0.1, -0.05) is 12.2 Å². The summed E-state index contributed by atoms with van der Waals surface area (Å²) in [6.45, 7) is 6.52. The largest absolute Gasteiger partial charge is 0.337 e. The first-order valence-corrected chi connectivity index (χ1v) is 9.54. The lowest BCUT2D eigenvalue weighted by atomic mass is 10.0. The van der Waals surface area contributed by atoms with Gasteiger partial charge in [0.15, 0.2) is 0 Å². The molecule has 0 saturated heterocycles. The predicted octanol–water partition coefficient (Wildman–Crippen LogP) is 0.431. The molecule has 11 nitrogen and oxygen atoms in total. The molecule has 0 radical (unpaired) electrons. The first-order chi connectivity index (χ1) is 14.8. The van der Waals surface area contributed by atoms with Crippen LogP contribution >= 0.6 is 0 Å². The van der Waals surface area contributed by atoms with Gasteiger partial charge in [-0.3, -0.25) is 14.9 Å². The van der Waals surface area contributed by atoms with Crippen molar-refractivity contribution in [1.29, 1.82) is 0 Å². The smallest absolute Gasteiger partial charge is 0.311 e. The van der Waals surface area contributed by atoms with Gasteiger partial charge in [0.2, 0.25) is 5.91 Å². The summed E-state index contributed by atoms with van der Waals surface area (Å²) >= 11 is 0. The van der Waals surface area contributed by atoms with Crippen LogP contribution in [-0.4, -0.2) is 31.1 Å². The van der Waals surface area contributed by atoms with Crippen molar-refractivity contribution in [3.8, 4) is 0 Å². The third-order valence-corrected chi connectivity index (χ3v) is 5.00. The van der Waals surface area contributed by atoms with Crippen LogP contribution < -0.4 is 22.0 Å². The quantitative estimate of drug-likeness (QED) is 0.358. The van der Waals surface area contributed by atoms with E-state index in [1.165, 1.54) is 35.3 Å². The molecule has 0 atom stereocenters. The summed E-state index contributed by atoms with van der Waals surface area (Å²) in [4.78, 5) is 62.9. The van der Waals surface area contributed by atoms with Crippen LogP contribution in [0.1, 0.15) is 12.0 Å². The molecule has 0 saturated carbocycles. The van der Waals surface area contributed by atoms with Gasteiger partial charge >= 0.3 is 17.1 Å². The number of nitro groups is 1. The van der Waals surface area contributed by atoms with Gasteiger partial charge in [0.25, 0.3) is 5.69 Å². The summed E-state index contributed by atoms with van der Waals surface area (Å²) in [5, 5.41) is 11.0. The lowest BCUT2D eigenvalue weighted by Gasteiger charge is -2.29. The molecule has 162 valence electrons. The molecule has 1 aromatic carbocycles. The molecular weight excluding hydrogens is 406 g/mol. The Balaban J connectivity index is 2.03. The molecule has 0 N–H and O–H groups in total. The van der Waals surface area contributed by atoms with E-state index in [2.05, 4.69) is 13.2 Å². The Morgan fingerprint density at radius 1 is 1.03 bits per heavy atom. The predicted molar refractivity (Wildman–Crippen MR) is 113 cm³/mol. The number of aromatic nitrogens is 3. The van der Waals surface area contributed by atoms with Gasteiger partial charge in [0.1, 0.15) is 6.54 Å². The maximum Gasteiger partial charge on any atom is 0.337 e. The fourth-order valence-corrected chi connectivity index (χ4v) is 3.57. The van der Waals surface area contributed by atoms with E-state index in [-0.39, 0.29) is 18.8 Å². The van der Waals surface area contributed by atoms with Gasteiger partial charge in [-0.25, -0.2) is 28.1 Å². The number of rotatable bonds is 7. The highest BCUT2D eigenvalue weighted by molar-refractivity contribution is 5.94. The second kappa shape index (κ2) is 8.78. The number of fused-ring (bicyclic) bond motifs is 1. The van der Waals surface area contributed by atoms with Gasteiger partial charge in [0, 0.05) is 24.4 Å². The number of non-ortho nitro benzene ring substituents is 1. The van der Waals surface area contributed by atoms with Crippen LogP contribution in [0.3, 0.4) is 0 Å². The lowest BCUT2D eigenvalue weighted by Crippen LogP contribution is -2.56. The summed E-state index contributed by atoms with van der Waals surface area (Å²) in [6.07, 6.45) is 3.82. The Hall–Kier alpha value is -4.02. The molecule has 3 rings (SSSR count). The van der Waals surface area contributed by atoms with Crippen molar-refractivity contribution < 1.29 is 9.72 Å². The van der Waals surface area contributed by atoms with Crippen LogP contribution in [0.5, 0.6) is 0 Å². The molecule has 1 amide bonds. The van der Waals surface area contributed by atoms with E-state index in [1.807, 2.05) is 0 Å². The molecule has 0 spiro atoms. The normalized spacial score (nSPS) is 12.8. The first kappa shape index (κ1) is 21.7. The molecule has 0 bridgehead atoms. The number of aryl methyl sites for hydroxylation is 1. The van der Waals surface area contributed by atoms with Gasteiger partial charge < -0.3 is 4.90 Å². The maximum absolute atomic E-state index is 13.0. The Kier molecular flexibility index (Phi) is 6.14. The SMILES string of the molecule is C=CCn1c(=O)n(CC=C)c(=O)n(CC(=O)N2CCCc3cc([N+](=O)[O-])ccc32)c1=O. The van der Waals surface area contributed by atoms with E-state index in [4.69, 9.17) is 0 Å². The van der Waals surface area contributed by atoms with Crippen LogP contribution in [0.15, 0.2) is 57.9 Å². The molecule has 1 aliphatic rings. The van der Waals surface area contributed by atoms with E-state index in [0.29, 0.717) is 35.2 Å². The lowest BCUT2D eigenvalue weighted by molar-refractivity contribution is -0.384. The molecule has 1 aromatic heterocycles. The fourth-order valence-electron chi connectivity index (χ4n) is 3.57. The van der Waals surface area contributed by atoms with Gasteiger partial charge in [-0.05, 0) is 24.5 Å². The Morgan fingerprint density at radius 3 is 2.16 bits per heavy atom. The minimum atomic E-state index is -0.913. The summed E-state index contributed by atoms with van der Waals surface area (Å²) < 4.78 is 2.34. The van der Waals surface area contributed by atoms with Crippen molar-refractivity contribution in [2.75, 3.05) is 11.4 Å². The number of anilines is 1. The number of hydrogen-bond acceptors (Lipinski definition) is 6. The third kappa shape index (κ3) is 4.02. The van der Waals surface area contributed by atoms with E-state index >= 15 is 0 Å². The van der Waals surface area contributed by atoms with Crippen LogP contribution in [0.2, 0.25) is 0 Å². The number of amides is 1. The van der Waals surface area contributed by atoms with Crippen molar-refractivity contribution in [3.05, 3.63) is 90.6 Å². The van der Waals surface area contributed by atoms with Crippen molar-refractivity contribution in [2.45, 2.75) is 32.5 Å². The first-order valence-electron chi connectivity index (χ1n) is 9.54. The molecule has 31 heavy (non-hydrogen) atoms. The molecule has 1 aliphatic heterocycles. The number of nitro benzene ring substituents is 1. The van der Waals surface area contributed by atoms with E-state index in [9.17, 15) is 29.3 Å². The minimum absolute atomic E-state index is 0.0759. The van der Waals surface area contributed by atoms with E-state index in [0.717, 1.165) is 9.13 Å². The average Bonchev–Trinajstić information content (AvgIpc) is 2.76. The molecular formula is C20H21N5O6. The van der Waals surface area contributed by atoms with Crippen molar-refractivity contribution in [1.82, 2.24) is 13.7 Å². The van der Waals surface area contributed by atoms with E-state index < -0.39 is 34.4 Å². The number of hydrogen-bond donors (Lipinski definition) is 0. The molecule has 2 heterocycles. The zero-order valence-corrected chi connectivity index (χ0v) is 16.7. The highest BCUT2D eigenvalue weighted by atomic mass is 16.6. The summed E-state index contributed by atoms with van der Waals surface area (Å²) in [6, 6.07) is 4.21. The number of allylic oxidation sites excluding steroid dienone is 2. The second-order valence-electron chi connectivity index (χ2n) is 6.95. The maximum atomic E-state index is 13.0. The molecule has 0 unspecified atom stereocenters. The standard InChI is InChI=1S/C20H21N5O6/c1-3-9-22-18(27)23(10-4-2)20(29)24(19(22)28)13-17(26)21-11-5-6-14-12-15(25(30)31)7-8-16(14)21/h3-4,7-8,12H,1-2,5-6,9-11,13H2. The second-order valence-corrected chi connectivity index (χ2v) is 6.95. The van der Waals surface area contributed by atoms with Crippen molar-refractivity contribution in [2.24, 2.45) is 0 Å². The average molecular weight is 427 g/mol. The molecule has 11 heteroatoms. The highest BCUT2D eigenvalue weighted by Crippen LogP contribution is 2.30. The third-order valence-electron chi connectivity index (χ3n) is 5.00. The Bertz CT molecular complexity index is 1200. The van der Waals surface area contributed by atoms with Gasteiger partial charge in [0.05, 0.1) is 18.0 Å². The number of benzene rings is 1. The highest BCUT2D eigenvalue weighted by Gasteiger charge is 2.26. The molecule has 2 aromatic rings. The fraction of sp³-hybridized carbons (Fsp3) is 0.300. The van der Waals surface area contributed by atoms with Crippen molar-refractivity contribution >= 4 is 17.3 Å². The minimum Gasteiger partial charge on any atom is -0.311 e. The Morgan fingerprint density at radius 2 is 1.61 bits per heavy atom. The summed E-state index contributed by atoms with van der Waals surface area (Å²) in [7, 11) is 0. The van der Waals surface area contributed by atoms with Crippen LogP contribution in [0.25, 0.3) is 0 Å². The summed E-state index contributed by atoms with van der Waals surface area (Å²) in [5.41, 5.74) is -1.57.